The molecule has 2 unspecified atom stereocenters. The molecule has 3 N–H and O–H groups in total. The van der Waals surface area contributed by atoms with Crippen molar-refractivity contribution < 1.29 is 24.2 Å². The molecule has 0 aromatic heterocycles. The van der Waals surface area contributed by atoms with Crippen LogP contribution >= 0.6 is 0 Å². The summed E-state index contributed by atoms with van der Waals surface area (Å²) < 4.78 is 5.52. The third-order valence-corrected chi connectivity index (χ3v) is 5.72. The van der Waals surface area contributed by atoms with Gasteiger partial charge in [-0.15, -0.1) is 0 Å². The maximum Gasteiger partial charge on any atom is 0.407 e. The lowest BCUT2D eigenvalue weighted by atomic mass is 9.98. The second-order valence-electron chi connectivity index (χ2n) is 8.16. The van der Waals surface area contributed by atoms with E-state index in [0.29, 0.717) is 19.3 Å². The highest BCUT2D eigenvalue weighted by molar-refractivity contribution is 5.83. The Kier molecular flexibility index (Phi) is 7.87. The number of carboxylic acid groups (broad SMARTS) is 1. The molecule has 0 fully saturated rings. The van der Waals surface area contributed by atoms with Gasteiger partial charge in [-0.25, -0.2) is 9.59 Å². The molecular weight excluding hydrogens is 408 g/mol. The fourth-order valence-corrected chi connectivity index (χ4v) is 4.07. The fraction of sp³-hybridized carbons (Fsp3) is 0.400. The van der Waals surface area contributed by atoms with E-state index in [-0.39, 0.29) is 30.9 Å². The Bertz CT molecular complexity index is 929. The number of rotatable bonds is 10. The maximum absolute atomic E-state index is 12.3. The molecule has 2 aromatic rings. The van der Waals surface area contributed by atoms with Gasteiger partial charge in [0.1, 0.15) is 12.6 Å². The van der Waals surface area contributed by atoms with Gasteiger partial charge in [-0.2, -0.15) is 0 Å². The molecule has 0 saturated heterocycles. The average Bonchev–Trinajstić information content (AvgIpc) is 3.10. The van der Waals surface area contributed by atoms with E-state index in [9.17, 15) is 14.4 Å². The zero-order valence-corrected chi connectivity index (χ0v) is 18.5. The molecule has 0 aliphatic heterocycles. The van der Waals surface area contributed by atoms with E-state index in [1.807, 2.05) is 31.2 Å². The number of amides is 2. The first-order valence-electron chi connectivity index (χ1n) is 11.0. The molecule has 7 nitrogen and oxygen atoms in total. The first kappa shape index (κ1) is 23.3. The number of aliphatic carboxylic acids is 1. The Hall–Kier alpha value is -3.35. The van der Waals surface area contributed by atoms with E-state index >= 15 is 0 Å². The van der Waals surface area contributed by atoms with Crippen LogP contribution in [0.25, 0.3) is 11.1 Å². The molecule has 2 atom stereocenters. The van der Waals surface area contributed by atoms with E-state index in [2.05, 4.69) is 34.9 Å². The number of fused-ring (bicyclic) bond motifs is 3. The maximum atomic E-state index is 12.3. The van der Waals surface area contributed by atoms with Crippen molar-refractivity contribution in [2.24, 2.45) is 0 Å². The molecule has 2 amide bonds. The Morgan fingerprint density at radius 3 is 2.12 bits per heavy atom. The molecule has 2 aromatic carbocycles. The van der Waals surface area contributed by atoms with Crippen molar-refractivity contribution in [1.29, 1.82) is 0 Å². The third kappa shape index (κ3) is 5.66. The molecule has 0 radical (unpaired) electrons. The number of carbonyl (C=O) groups is 3. The Balaban J connectivity index is 1.47. The largest absolute Gasteiger partial charge is 0.480 e. The van der Waals surface area contributed by atoms with Crippen LogP contribution in [-0.2, 0) is 14.3 Å². The first-order valence-corrected chi connectivity index (χ1v) is 11.0. The smallest absolute Gasteiger partial charge is 0.407 e. The quantitative estimate of drug-likeness (QED) is 0.519. The molecule has 7 heteroatoms. The molecule has 1 aliphatic carbocycles. The highest BCUT2D eigenvalue weighted by Crippen LogP contribution is 2.44. The third-order valence-electron chi connectivity index (χ3n) is 5.72. The topological polar surface area (TPSA) is 105 Å². The van der Waals surface area contributed by atoms with E-state index in [1.54, 1.807) is 6.92 Å². The molecule has 32 heavy (non-hydrogen) atoms. The summed E-state index contributed by atoms with van der Waals surface area (Å²) in [6, 6.07) is 15.1. The molecule has 0 spiro atoms. The van der Waals surface area contributed by atoms with Crippen molar-refractivity contribution in [3.05, 3.63) is 59.7 Å². The minimum Gasteiger partial charge on any atom is -0.480 e. The lowest BCUT2D eigenvalue weighted by Gasteiger charge is -2.18. The highest BCUT2D eigenvalue weighted by Gasteiger charge is 2.29. The average molecular weight is 439 g/mol. The summed E-state index contributed by atoms with van der Waals surface area (Å²) in [4.78, 5) is 35.5. The fourth-order valence-electron chi connectivity index (χ4n) is 4.07. The zero-order chi connectivity index (χ0) is 23.1. The van der Waals surface area contributed by atoms with E-state index < -0.39 is 18.1 Å². The minimum atomic E-state index is -1.04. The van der Waals surface area contributed by atoms with Crippen molar-refractivity contribution in [3.63, 3.8) is 0 Å². The number of alkyl carbamates (subject to hydrolysis) is 1. The summed E-state index contributed by atoms with van der Waals surface area (Å²) in [6.07, 6.45) is 1.02. The minimum absolute atomic E-state index is 0.0132. The summed E-state index contributed by atoms with van der Waals surface area (Å²) in [5.74, 6) is -1.39. The molecule has 0 heterocycles. The van der Waals surface area contributed by atoms with Gasteiger partial charge >= 0.3 is 12.1 Å². The SMILES string of the molecule is CCCC(NC(=O)CCC(C)NC(=O)OCC1c2ccccc2-c2ccccc21)C(=O)O. The van der Waals surface area contributed by atoms with Gasteiger partial charge in [0.05, 0.1) is 0 Å². The lowest BCUT2D eigenvalue weighted by molar-refractivity contribution is -0.142. The number of benzene rings is 2. The van der Waals surface area contributed by atoms with Crippen LogP contribution in [-0.4, -0.2) is 41.8 Å². The van der Waals surface area contributed by atoms with Gasteiger partial charge in [-0.3, -0.25) is 4.79 Å². The summed E-state index contributed by atoms with van der Waals surface area (Å²) in [7, 11) is 0. The number of hydrogen-bond acceptors (Lipinski definition) is 4. The Morgan fingerprint density at radius 1 is 0.969 bits per heavy atom. The van der Waals surface area contributed by atoms with Crippen molar-refractivity contribution in [2.45, 2.75) is 57.5 Å². The van der Waals surface area contributed by atoms with Crippen LogP contribution in [0.2, 0.25) is 0 Å². The van der Waals surface area contributed by atoms with E-state index in [4.69, 9.17) is 9.84 Å². The highest BCUT2D eigenvalue weighted by atomic mass is 16.5. The number of carboxylic acids is 1. The van der Waals surface area contributed by atoms with Crippen LogP contribution < -0.4 is 10.6 Å². The normalized spacial score (nSPS) is 14.1. The number of carbonyl (C=O) groups excluding carboxylic acids is 2. The first-order chi connectivity index (χ1) is 15.4. The van der Waals surface area contributed by atoms with Crippen molar-refractivity contribution >= 4 is 18.0 Å². The molecular formula is C25H30N2O5. The molecule has 0 saturated carbocycles. The number of ether oxygens (including phenoxy) is 1. The van der Waals surface area contributed by atoms with Gasteiger partial charge in [0.15, 0.2) is 0 Å². The van der Waals surface area contributed by atoms with Crippen molar-refractivity contribution in [2.75, 3.05) is 6.61 Å². The van der Waals surface area contributed by atoms with Crippen LogP contribution in [0, 0.1) is 0 Å². The number of nitrogens with one attached hydrogen (secondary N) is 2. The predicted molar refractivity (Wildman–Crippen MR) is 121 cm³/mol. The number of hydrogen-bond donors (Lipinski definition) is 3. The standard InChI is InChI=1S/C25H30N2O5/c1-3-8-22(24(29)30)27-23(28)14-13-16(2)26-25(31)32-15-21-19-11-6-4-9-17(19)18-10-5-7-12-20(18)21/h4-7,9-12,16,21-22H,3,8,13-15H2,1-2H3,(H,26,31)(H,27,28)(H,29,30). The summed E-state index contributed by atoms with van der Waals surface area (Å²) in [6.45, 7) is 3.88. The Morgan fingerprint density at radius 2 is 1.56 bits per heavy atom. The van der Waals surface area contributed by atoms with Crippen molar-refractivity contribution in [1.82, 2.24) is 10.6 Å². The second-order valence-corrected chi connectivity index (χ2v) is 8.16. The lowest BCUT2D eigenvalue weighted by Crippen LogP contribution is -2.41. The van der Waals surface area contributed by atoms with Gasteiger partial charge in [0.2, 0.25) is 5.91 Å². The molecule has 3 rings (SSSR count). The predicted octanol–water partition coefficient (Wildman–Crippen LogP) is 4.06. The molecule has 1 aliphatic rings. The summed E-state index contributed by atoms with van der Waals surface area (Å²) in [5, 5.41) is 14.4. The second kappa shape index (κ2) is 10.8. The molecule has 0 bridgehead atoms. The molecule has 170 valence electrons. The van der Waals surface area contributed by atoms with Gasteiger partial charge < -0.3 is 20.5 Å². The van der Waals surface area contributed by atoms with Crippen LogP contribution in [0.3, 0.4) is 0 Å². The van der Waals surface area contributed by atoms with Crippen molar-refractivity contribution in [3.8, 4) is 11.1 Å². The van der Waals surface area contributed by atoms with Crippen LogP contribution in [0.15, 0.2) is 48.5 Å². The van der Waals surface area contributed by atoms with E-state index in [1.165, 1.54) is 11.1 Å². The van der Waals surface area contributed by atoms with E-state index in [0.717, 1.165) is 11.1 Å². The van der Waals surface area contributed by atoms with Crippen LogP contribution in [0.1, 0.15) is 56.6 Å². The van der Waals surface area contributed by atoms with Crippen LogP contribution in [0.5, 0.6) is 0 Å². The van der Waals surface area contributed by atoms with Gasteiger partial charge in [0.25, 0.3) is 0 Å². The Labute approximate surface area is 188 Å². The van der Waals surface area contributed by atoms with Gasteiger partial charge in [-0.05, 0) is 42.0 Å². The van der Waals surface area contributed by atoms with Gasteiger partial charge in [-0.1, -0.05) is 61.9 Å². The summed E-state index contributed by atoms with van der Waals surface area (Å²) >= 11 is 0. The monoisotopic (exact) mass is 438 g/mol. The zero-order valence-electron chi connectivity index (χ0n) is 18.5. The van der Waals surface area contributed by atoms with Crippen LogP contribution in [0.4, 0.5) is 4.79 Å². The summed E-state index contributed by atoms with van der Waals surface area (Å²) in [5.41, 5.74) is 4.62. The van der Waals surface area contributed by atoms with Gasteiger partial charge in [0, 0.05) is 18.4 Å².